The van der Waals surface area contributed by atoms with Crippen LogP contribution in [0.4, 0.5) is 5.69 Å². The predicted molar refractivity (Wildman–Crippen MR) is 126 cm³/mol. The number of carbonyl (C=O) groups excluding carboxylic acids is 2. The van der Waals surface area contributed by atoms with Gasteiger partial charge in [-0.3, -0.25) is 9.59 Å². The van der Waals surface area contributed by atoms with E-state index in [0.29, 0.717) is 11.6 Å². The van der Waals surface area contributed by atoms with E-state index in [2.05, 4.69) is 56.3 Å². The zero-order chi connectivity index (χ0) is 22.1. The smallest absolute Gasteiger partial charge is 0.238 e. The summed E-state index contributed by atoms with van der Waals surface area (Å²) in [6, 6.07) is 22.9. The largest absolute Gasteiger partial charge is 0.274 e. The highest BCUT2D eigenvalue weighted by molar-refractivity contribution is 6.23. The van der Waals surface area contributed by atoms with Gasteiger partial charge in [-0.25, -0.2) is 4.90 Å². The molecule has 0 saturated carbocycles. The molecule has 3 aromatic rings. The van der Waals surface area contributed by atoms with Crippen LogP contribution >= 0.6 is 0 Å². The first-order chi connectivity index (χ1) is 15.5. The molecule has 5 atom stereocenters. The molecule has 32 heavy (non-hydrogen) atoms. The first-order valence-corrected chi connectivity index (χ1v) is 11.7. The lowest BCUT2D eigenvalue weighted by molar-refractivity contribution is -0.122. The van der Waals surface area contributed by atoms with Gasteiger partial charge in [-0.15, -0.1) is 0 Å². The summed E-state index contributed by atoms with van der Waals surface area (Å²) in [7, 11) is 0. The Labute approximate surface area is 189 Å². The van der Waals surface area contributed by atoms with Crippen molar-refractivity contribution in [2.45, 2.75) is 44.9 Å². The van der Waals surface area contributed by atoms with Crippen LogP contribution in [0.1, 0.15) is 71.4 Å². The molecule has 0 unspecified atom stereocenters. The molecule has 0 radical (unpaired) electrons. The lowest BCUT2D eigenvalue weighted by Crippen LogP contribution is -2.41. The van der Waals surface area contributed by atoms with E-state index < -0.39 is 0 Å². The van der Waals surface area contributed by atoms with Crippen molar-refractivity contribution in [2.75, 3.05) is 4.90 Å². The Hall–Kier alpha value is -3.20. The normalized spacial score (nSPS) is 26.0. The molecule has 3 nitrogen and oxygen atoms in total. The summed E-state index contributed by atoms with van der Waals surface area (Å²) < 4.78 is 0. The lowest BCUT2D eigenvalue weighted by Gasteiger charge is -2.46. The maximum atomic E-state index is 13.9. The van der Waals surface area contributed by atoms with Crippen molar-refractivity contribution in [3.8, 4) is 0 Å². The second-order valence-electron chi connectivity index (χ2n) is 9.68. The standard InChI is InChI=1S/C29H27NO2/c1-4-17(3)18-12-13-22-23(15-18)25-21-11-6-5-10-20(21)24(22)26-27(25)29(32)30(28(26)31)19-9-7-8-16(2)14-19/h5-15,17,24-27H,4H2,1-3H3/t17-,24+,25+,26+,27-/m1/s1. The van der Waals surface area contributed by atoms with Crippen LogP contribution in [0.2, 0.25) is 0 Å². The minimum Gasteiger partial charge on any atom is -0.274 e. The SMILES string of the molecule is CC[C@@H](C)c1ccc2c(c1)[C@@H]1c3ccccc3[C@@H]2[C@@H]2C(=O)N(c3cccc(C)c3)C(=O)[C@H]12. The van der Waals surface area contributed by atoms with Crippen molar-refractivity contribution in [3.05, 3.63) is 100 Å². The van der Waals surface area contributed by atoms with Crippen molar-refractivity contribution in [1.82, 2.24) is 0 Å². The zero-order valence-electron chi connectivity index (χ0n) is 18.7. The third-order valence-electron chi connectivity index (χ3n) is 8.00. The number of hydrogen-bond acceptors (Lipinski definition) is 2. The molecular weight excluding hydrogens is 394 g/mol. The Morgan fingerprint density at radius 1 is 0.781 bits per heavy atom. The van der Waals surface area contributed by atoms with Gasteiger partial charge in [0.2, 0.25) is 11.8 Å². The first kappa shape index (κ1) is 19.5. The molecule has 0 N–H and O–H groups in total. The van der Waals surface area contributed by atoms with Gasteiger partial charge in [-0.2, -0.15) is 0 Å². The van der Waals surface area contributed by atoms with E-state index in [9.17, 15) is 9.59 Å². The fourth-order valence-corrected chi connectivity index (χ4v) is 6.31. The summed E-state index contributed by atoms with van der Waals surface area (Å²) in [6.07, 6.45) is 1.08. The van der Waals surface area contributed by atoms with Crippen LogP contribution in [0.15, 0.2) is 66.7 Å². The molecule has 3 heteroatoms. The fraction of sp³-hybridized carbons (Fsp3) is 0.310. The molecule has 0 spiro atoms. The molecule has 7 rings (SSSR count). The number of aryl methyl sites for hydroxylation is 1. The number of rotatable bonds is 3. The third-order valence-corrected chi connectivity index (χ3v) is 8.00. The molecule has 1 saturated heterocycles. The van der Waals surface area contributed by atoms with Crippen LogP contribution in [0.3, 0.4) is 0 Å². The molecule has 1 heterocycles. The van der Waals surface area contributed by atoms with E-state index in [1.165, 1.54) is 32.7 Å². The van der Waals surface area contributed by atoms with Gasteiger partial charge in [0.1, 0.15) is 0 Å². The number of nitrogens with zero attached hydrogens (tertiary/aromatic N) is 1. The molecule has 4 aliphatic rings. The average Bonchev–Trinajstić information content (AvgIpc) is 3.08. The summed E-state index contributed by atoms with van der Waals surface area (Å²) in [5.74, 6) is -0.412. The number of amides is 2. The van der Waals surface area contributed by atoms with Crippen LogP contribution in [-0.4, -0.2) is 11.8 Å². The number of anilines is 1. The van der Waals surface area contributed by atoms with E-state index in [4.69, 9.17) is 0 Å². The van der Waals surface area contributed by atoms with Crippen LogP contribution in [0.25, 0.3) is 0 Å². The maximum absolute atomic E-state index is 13.9. The summed E-state index contributed by atoms with van der Waals surface area (Å²) >= 11 is 0. The Morgan fingerprint density at radius 3 is 2.03 bits per heavy atom. The zero-order valence-corrected chi connectivity index (χ0v) is 18.7. The molecule has 160 valence electrons. The first-order valence-electron chi connectivity index (χ1n) is 11.7. The molecule has 2 amide bonds. The highest BCUT2D eigenvalue weighted by atomic mass is 16.2. The number of carbonyl (C=O) groups is 2. The van der Waals surface area contributed by atoms with E-state index >= 15 is 0 Å². The summed E-state index contributed by atoms with van der Waals surface area (Å²) in [4.78, 5) is 29.1. The van der Waals surface area contributed by atoms with Crippen molar-refractivity contribution in [2.24, 2.45) is 11.8 Å². The molecule has 0 aromatic heterocycles. The minimum absolute atomic E-state index is 0.0466. The van der Waals surface area contributed by atoms with Crippen molar-refractivity contribution in [1.29, 1.82) is 0 Å². The second kappa shape index (κ2) is 6.90. The summed E-state index contributed by atoms with van der Waals surface area (Å²) in [5, 5.41) is 0. The van der Waals surface area contributed by atoms with E-state index in [-0.39, 0.29) is 35.5 Å². The van der Waals surface area contributed by atoms with Crippen molar-refractivity contribution >= 4 is 17.5 Å². The van der Waals surface area contributed by atoms with Gasteiger partial charge in [0, 0.05) is 11.8 Å². The number of imide groups is 1. The molecule has 1 fully saturated rings. The highest BCUT2D eigenvalue weighted by Gasteiger charge is 2.61. The Kier molecular flexibility index (Phi) is 4.20. The highest BCUT2D eigenvalue weighted by Crippen LogP contribution is 2.61. The topological polar surface area (TPSA) is 37.4 Å². The average molecular weight is 422 g/mol. The Bertz CT molecular complexity index is 1280. The predicted octanol–water partition coefficient (Wildman–Crippen LogP) is 5.91. The molecule has 3 aliphatic carbocycles. The van der Waals surface area contributed by atoms with E-state index in [0.717, 1.165) is 12.0 Å². The second-order valence-corrected chi connectivity index (χ2v) is 9.68. The van der Waals surface area contributed by atoms with Crippen LogP contribution in [-0.2, 0) is 9.59 Å². The summed E-state index contributed by atoms with van der Waals surface area (Å²) in [5.41, 5.74) is 7.98. The minimum atomic E-state index is -0.331. The third kappa shape index (κ3) is 2.48. The van der Waals surface area contributed by atoms with Gasteiger partial charge < -0.3 is 0 Å². The van der Waals surface area contributed by atoms with E-state index in [1.807, 2.05) is 31.2 Å². The van der Waals surface area contributed by atoms with Gasteiger partial charge in [0.05, 0.1) is 17.5 Å². The number of hydrogen-bond donors (Lipinski definition) is 0. The van der Waals surface area contributed by atoms with Crippen molar-refractivity contribution < 1.29 is 9.59 Å². The molecule has 1 aliphatic heterocycles. The van der Waals surface area contributed by atoms with Crippen molar-refractivity contribution in [3.63, 3.8) is 0 Å². The fourth-order valence-electron chi connectivity index (χ4n) is 6.31. The lowest BCUT2D eigenvalue weighted by atomic mass is 9.54. The van der Waals surface area contributed by atoms with Gasteiger partial charge in [0.25, 0.3) is 0 Å². The van der Waals surface area contributed by atoms with Crippen LogP contribution in [0.5, 0.6) is 0 Å². The molecular formula is C29H27NO2. The monoisotopic (exact) mass is 421 g/mol. The Morgan fingerprint density at radius 2 is 1.41 bits per heavy atom. The number of benzene rings is 3. The van der Waals surface area contributed by atoms with Gasteiger partial charge in [0.15, 0.2) is 0 Å². The Balaban J connectivity index is 1.55. The van der Waals surface area contributed by atoms with Crippen LogP contribution in [0, 0.1) is 18.8 Å². The molecule has 3 aromatic carbocycles. The quantitative estimate of drug-likeness (QED) is 0.493. The maximum Gasteiger partial charge on any atom is 0.238 e. The van der Waals surface area contributed by atoms with Crippen LogP contribution < -0.4 is 4.90 Å². The summed E-state index contributed by atoms with van der Waals surface area (Å²) in [6.45, 7) is 6.46. The molecule has 2 bridgehead atoms. The van der Waals surface area contributed by atoms with E-state index in [1.54, 1.807) is 0 Å². The van der Waals surface area contributed by atoms with Gasteiger partial charge in [-0.05, 0) is 64.8 Å². The van der Waals surface area contributed by atoms with Gasteiger partial charge in [-0.1, -0.05) is 68.4 Å². The van der Waals surface area contributed by atoms with Gasteiger partial charge >= 0.3 is 0 Å².